The van der Waals surface area contributed by atoms with Crippen molar-refractivity contribution < 1.29 is 14.6 Å². The standard InChI is InChI=1S/C27H27N5O5/c1-4-11-31-26(35)30-25(32(27(31)36)16-19-7-5-17(2)6-8-19)29-21-9-10-23(18(3)12-21)37-22-13-20(24(33)34)14-28-15-22/h5-10,12-15H,4,11,16H2,1-3H3,(H,33,34)(H,29,30,35). The van der Waals surface area contributed by atoms with Crippen LogP contribution in [0.3, 0.4) is 0 Å². The predicted octanol–water partition coefficient (Wildman–Crippen LogP) is 4.11. The third-order valence-electron chi connectivity index (χ3n) is 5.68. The van der Waals surface area contributed by atoms with Gasteiger partial charge in [0.2, 0.25) is 5.95 Å². The fourth-order valence-corrected chi connectivity index (χ4v) is 3.75. The molecule has 0 saturated carbocycles. The Morgan fingerprint density at radius 3 is 2.46 bits per heavy atom. The Kier molecular flexibility index (Phi) is 7.47. The van der Waals surface area contributed by atoms with Gasteiger partial charge in [0.15, 0.2) is 0 Å². The Morgan fingerprint density at radius 1 is 1.03 bits per heavy atom. The molecule has 0 saturated heterocycles. The maximum atomic E-state index is 13.2. The molecule has 0 unspecified atom stereocenters. The maximum Gasteiger partial charge on any atom is 0.354 e. The Hall–Kier alpha value is -4.73. The van der Waals surface area contributed by atoms with Crippen LogP contribution in [0.1, 0.15) is 40.4 Å². The number of aromatic nitrogens is 4. The van der Waals surface area contributed by atoms with Gasteiger partial charge in [0.1, 0.15) is 11.5 Å². The van der Waals surface area contributed by atoms with E-state index in [4.69, 9.17) is 9.84 Å². The van der Waals surface area contributed by atoms with Gasteiger partial charge in [-0.2, -0.15) is 4.98 Å². The maximum absolute atomic E-state index is 13.2. The number of aryl methyl sites for hydroxylation is 2. The molecule has 37 heavy (non-hydrogen) atoms. The van der Waals surface area contributed by atoms with Crippen LogP contribution in [0.4, 0.5) is 11.6 Å². The second kappa shape index (κ2) is 10.9. The molecule has 2 aromatic carbocycles. The van der Waals surface area contributed by atoms with Crippen LogP contribution in [0.15, 0.2) is 70.5 Å². The van der Waals surface area contributed by atoms with E-state index in [0.29, 0.717) is 17.9 Å². The number of hydrogen-bond acceptors (Lipinski definition) is 7. The number of carboxylic acid groups (broad SMARTS) is 1. The Balaban J connectivity index is 1.65. The SMILES string of the molecule is CCCn1c(=O)nc(Nc2ccc(Oc3cncc(C(=O)O)c3)c(C)c2)n(Cc2ccc(C)cc2)c1=O. The molecule has 190 valence electrons. The first-order chi connectivity index (χ1) is 17.7. The molecule has 0 amide bonds. The molecule has 10 nitrogen and oxygen atoms in total. The molecule has 0 aliphatic heterocycles. The molecule has 0 radical (unpaired) electrons. The quantitative estimate of drug-likeness (QED) is 0.351. The van der Waals surface area contributed by atoms with E-state index in [1.807, 2.05) is 45.0 Å². The molecular formula is C27H27N5O5. The molecule has 0 fully saturated rings. The van der Waals surface area contributed by atoms with Gasteiger partial charge in [-0.05, 0) is 55.7 Å². The Morgan fingerprint density at radius 2 is 1.78 bits per heavy atom. The molecular weight excluding hydrogens is 474 g/mol. The van der Waals surface area contributed by atoms with Gasteiger partial charge in [-0.3, -0.25) is 9.55 Å². The number of carbonyl (C=O) groups is 1. The lowest BCUT2D eigenvalue weighted by Gasteiger charge is -2.16. The first-order valence-corrected chi connectivity index (χ1v) is 11.8. The summed E-state index contributed by atoms with van der Waals surface area (Å²) >= 11 is 0. The van der Waals surface area contributed by atoms with Crippen molar-refractivity contribution in [3.8, 4) is 11.5 Å². The number of anilines is 2. The number of rotatable bonds is 9. The summed E-state index contributed by atoms with van der Waals surface area (Å²) in [5.41, 5.74) is 2.30. The van der Waals surface area contributed by atoms with Crippen LogP contribution in [0, 0.1) is 13.8 Å². The molecule has 2 aromatic heterocycles. The van der Waals surface area contributed by atoms with Crippen LogP contribution in [0.25, 0.3) is 0 Å². The number of nitrogens with zero attached hydrogens (tertiary/aromatic N) is 4. The lowest BCUT2D eigenvalue weighted by Crippen LogP contribution is -2.42. The van der Waals surface area contributed by atoms with Crippen molar-refractivity contribution in [2.45, 2.75) is 40.3 Å². The number of benzene rings is 2. The number of aromatic carboxylic acids is 1. The predicted molar refractivity (Wildman–Crippen MR) is 139 cm³/mol. The van der Waals surface area contributed by atoms with Crippen LogP contribution >= 0.6 is 0 Å². The Labute approximate surface area is 212 Å². The van der Waals surface area contributed by atoms with Crippen LogP contribution < -0.4 is 21.4 Å². The summed E-state index contributed by atoms with van der Waals surface area (Å²) in [6, 6.07) is 14.4. The molecule has 10 heteroatoms. The molecule has 2 heterocycles. The van der Waals surface area contributed by atoms with Gasteiger partial charge in [-0.1, -0.05) is 36.8 Å². The minimum absolute atomic E-state index is 0.0175. The highest BCUT2D eigenvalue weighted by Crippen LogP contribution is 2.28. The average Bonchev–Trinajstić information content (AvgIpc) is 2.87. The summed E-state index contributed by atoms with van der Waals surface area (Å²) in [5.74, 6) is -0.177. The van der Waals surface area contributed by atoms with Gasteiger partial charge >= 0.3 is 17.3 Å². The zero-order valence-corrected chi connectivity index (χ0v) is 20.8. The van der Waals surface area contributed by atoms with Gasteiger partial charge in [0, 0.05) is 18.4 Å². The lowest BCUT2D eigenvalue weighted by molar-refractivity contribution is 0.0696. The summed E-state index contributed by atoms with van der Waals surface area (Å²) in [5, 5.41) is 12.3. The normalized spacial score (nSPS) is 10.8. The van der Waals surface area contributed by atoms with Gasteiger partial charge in [0.25, 0.3) is 0 Å². The van der Waals surface area contributed by atoms with Crippen molar-refractivity contribution in [2.75, 3.05) is 5.32 Å². The van der Waals surface area contributed by atoms with Crippen LogP contribution in [0.5, 0.6) is 11.5 Å². The average molecular weight is 502 g/mol. The van der Waals surface area contributed by atoms with Crippen molar-refractivity contribution in [2.24, 2.45) is 0 Å². The molecule has 0 spiro atoms. The fraction of sp³-hybridized carbons (Fsp3) is 0.222. The highest BCUT2D eigenvalue weighted by atomic mass is 16.5. The monoisotopic (exact) mass is 501 g/mol. The van der Waals surface area contributed by atoms with E-state index in [2.05, 4.69) is 15.3 Å². The summed E-state index contributed by atoms with van der Waals surface area (Å²) < 4.78 is 8.41. The number of ether oxygens (including phenoxy) is 1. The molecule has 0 bridgehead atoms. The number of nitrogens with one attached hydrogen (secondary N) is 1. The lowest BCUT2D eigenvalue weighted by atomic mass is 10.1. The van der Waals surface area contributed by atoms with Crippen LogP contribution in [-0.4, -0.2) is 30.2 Å². The second-order valence-corrected chi connectivity index (χ2v) is 8.65. The van der Waals surface area contributed by atoms with Crippen LogP contribution in [0.2, 0.25) is 0 Å². The van der Waals surface area contributed by atoms with E-state index < -0.39 is 17.3 Å². The first kappa shape index (κ1) is 25.4. The first-order valence-electron chi connectivity index (χ1n) is 11.8. The fourth-order valence-electron chi connectivity index (χ4n) is 3.75. The van der Waals surface area contributed by atoms with E-state index in [0.717, 1.165) is 21.3 Å². The summed E-state index contributed by atoms with van der Waals surface area (Å²) in [7, 11) is 0. The minimum atomic E-state index is -1.10. The largest absolute Gasteiger partial charge is 0.478 e. The van der Waals surface area contributed by atoms with Crippen molar-refractivity contribution in [1.29, 1.82) is 0 Å². The zero-order chi connectivity index (χ0) is 26.5. The second-order valence-electron chi connectivity index (χ2n) is 8.65. The highest BCUT2D eigenvalue weighted by molar-refractivity contribution is 5.87. The minimum Gasteiger partial charge on any atom is -0.478 e. The number of pyridine rings is 1. The van der Waals surface area contributed by atoms with Crippen molar-refractivity contribution in [3.05, 3.63) is 104 Å². The van der Waals surface area contributed by atoms with Gasteiger partial charge in [-0.15, -0.1) is 0 Å². The molecule has 2 N–H and O–H groups in total. The molecule has 0 atom stereocenters. The third kappa shape index (κ3) is 5.92. The smallest absolute Gasteiger partial charge is 0.354 e. The van der Waals surface area contributed by atoms with E-state index >= 15 is 0 Å². The van der Waals surface area contributed by atoms with Gasteiger partial charge in [0.05, 0.1) is 18.3 Å². The molecule has 4 rings (SSSR count). The van der Waals surface area contributed by atoms with E-state index in [-0.39, 0.29) is 30.4 Å². The van der Waals surface area contributed by atoms with E-state index in [9.17, 15) is 14.4 Å². The van der Waals surface area contributed by atoms with Crippen molar-refractivity contribution in [1.82, 2.24) is 19.1 Å². The summed E-state index contributed by atoms with van der Waals surface area (Å²) in [6.07, 6.45) is 3.29. The molecule has 4 aromatic rings. The van der Waals surface area contributed by atoms with Crippen LogP contribution in [-0.2, 0) is 13.1 Å². The highest BCUT2D eigenvalue weighted by Gasteiger charge is 2.15. The summed E-state index contributed by atoms with van der Waals surface area (Å²) in [6.45, 7) is 6.22. The number of carboxylic acids is 1. The topological polar surface area (TPSA) is 128 Å². The zero-order valence-electron chi connectivity index (χ0n) is 20.8. The van der Waals surface area contributed by atoms with Crippen molar-refractivity contribution >= 4 is 17.6 Å². The molecule has 0 aliphatic rings. The van der Waals surface area contributed by atoms with Gasteiger partial charge in [-0.25, -0.2) is 19.0 Å². The number of hydrogen-bond donors (Lipinski definition) is 2. The van der Waals surface area contributed by atoms with E-state index in [1.54, 1.807) is 18.2 Å². The molecule has 0 aliphatic carbocycles. The summed E-state index contributed by atoms with van der Waals surface area (Å²) in [4.78, 5) is 45.1. The van der Waals surface area contributed by atoms with E-state index in [1.165, 1.54) is 23.0 Å². The Bertz CT molecular complexity index is 1560. The van der Waals surface area contributed by atoms with Gasteiger partial charge < -0.3 is 15.2 Å². The third-order valence-corrected chi connectivity index (χ3v) is 5.68. The van der Waals surface area contributed by atoms with Crippen molar-refractivity contribution in [3.63, 3.8) is 0 Å².